The maximum Gasteiger partial charge on any atom is 0.137 e. The number of hydrogen-bond acceptors (Lipinski definition) is 5. The number of nitriles is 1. The van der Waals surface area contributed by atoms with Gasteiger partial charge in [0, 0.05) is 37.7 Å². The van der Waals surface area contributed by atoms with E-state index in [0.717, 1.165) is 31.0 Å². The van der Waals surface area contributed by atoms with Crippen LogP contribution in [0.25, 0.3) is 5.65 Å². The van der Waals surface area contributed by atoms with Crippen molar-refractivity contribution in [1.82, 2.24) is 24.6 Å². The zero-order chi connectivity index (χ0) is 17.9. The van der Waals surface area contributed by atoms with Crippen LogP contribution in [0.5, 0.6) is 0 Å². The lowest BCUT2D eigenvalue weighted by molar-refractivity contribution is 0.271. The number of pyridine rings is 2. The van der Waals surface area contributed by atoms with E-state index in [0.29, 0.717) is 17.5 Å². The number of nitrogens with zero attached hydrogens (tertiary/aromatic N) is 5. The Hall–Kier alpha value is -2.75. The lowest BCUT2D eigenvalue weighted by Gasteiger charge is -2.25. The van der Waals surface area contributed by atoms with Gasteiger partial charge in [0.2, 0.25) is 0 Å². The van der Waals surface area contributed by atoms with Crippen LogP contribution in [-0.4, -0.2) is 39.4 Å². The highest BCUT2D eigenvalue weighted by Crippen LogP contribution is 2.35. The van der Waals surface area contributed by atoms with Crippen molar-refractivity contribution in [3.8, 4) is 6.07 Å². The molecule has 1 aliphatic rings. The van der Waals surface area contributed by atoms with Crippen molar-refractivity contribution >= 4 is 5.65 Å². The van der Waals surface area contributed by atoms with Crippen LogP contribution >= 0.6 is 0 Å². The number of imidazole rings is 1. The molecule has 3 aromatic heterocycles. The molecule has 0 saturated carbocycles. The minimum atomic E-state index is 0.406. The molecule has 1 aliphatic heterocycles. The normalized spacial score (nSPS) is 20.5. The summed E-state index contributed by atoms with van der Waals surface area (Å²) in [6, 6.07) is 10.4. The maximum absolute atomic E-state index is 9.10. The highest BCUT2D eigenvalue weighted by molar-refractivity contribution is 5.44. The first-order valence-corrected chi connectivity index (χ1v) is 8.93. The fraction of sp³-hybridized carbons (Fsp3) is 0.350. The third kappa shape index (κ3) is 3.19. The van der Waals surface area contributed by atoms with Gasteiger partial charge < -0.3 is 9.72 Å². The van der Waals surface area contributed by atoms with Crippen molar-refractivity contribution in [3.63, 3.8) is 0 Å². The van der Waals surface area contributed by atoms with Gasteiger partial charge in [-0.05, 0) is 49.7 Å². The Labute approximate surface area is 153 Å². The first-order chi connectivity index (χ1) is 12.8. The van der Waals surface area contributed by atoms with E-state index in [4.69, 9.17) is 5.26 Å². The minimum Gasteiger partial charge on any atom is -0.311 e. The number of likely N-dealkylation sites (tertiary alicyclic amines) is 1. The molecule has 1 fully saturated rings. The summed E-state index contributed by atoms with van der Waals surface area (Å²) in [6.45, 7) is 2.78. The predicted molar refractivity (Wildman–Crippen MR) is 99.3 cm³/mol. The maximum atomic E-state index is 9.10. The smallest absolute Gasteiger partial charge is 0.137 e. The van der Waals surface area contributed by atoms with E-state index in [1.807, 2.05) is 41.3 Å². The summed E-state index contributed by atoms with van der Waals surface area (Å²) in [5.74, 6) is 0.554. The van der Waals surface area contributed by atoms with Crippen LogP contribution < -0.4 is 5.32 Å². The molecule has 0 aliphatic carbocycles. The molecule has 0 amide bonds. The molecular formula is C20H22N6. The Morgan fingerprint density at radius 1 is 1.31 bits per heavy atom. The van der Waals surface area contributed by atoms with Gasteiger partial charge in [-0.1, -0.05) is 6.07 Å². The Bertz CT molecular complexity index is 926. The third-order valence-electron chi connectivity index (χ3n) is 5.22. The SMILES string of the molecule is CN1CC[C@@H](CNCc2cnc3ccc(C#N)cn23)[C@@H]1c1cccnc1. The summed E-state index contributed by atoms with van der Waals surface area (Å²) in [7, 11) is 2.19. The summed E-state index contributed by atoms with van der Waals surface area (Å²) in [6.07, 6.45) is 8.71. The molecule has 26 heavy (non-hydrogen) atoms. The zero-order valence-corrected chi connectivity index (χ0v) is 14.8. The van der Waals surface area contributed by atoms with E-state index >= 15 is 0 Å². The number of aromatic nitrogens is 3. The van der Waals surface area contributed by atoms with Gasteiger partial charge in [0.15, 0.2) is 0 Å². The number of hydrogen-bond donors (Lipinski definition) is 1. The van der Waals surface area contributed by atoms with Gasteiger partial charge in [-0.3, -0.25) is 9.88 Å². The molecule has 132 valence electrons. The molecule has 0 radical (unpaired) electrons. The Balaban J connectivity index is 1.44. The number of nitrogens with one attached hydrogen (secondary N) is 1. The monoisotopic (exact) mass is 346 g/mol. The van der Waals surface area contributed by atoms with Crippen LogP contribution in [0.4, 0.5) is 0 Å². The first-order valence-electron chi connectivity index (χ1n) is 8.93. The highest BCUT2D eigenvalue weighted by atomic mass is 15.2. The Kier molecular flexibility index (Phi) is 4.65. The second-order valence-electron chi connectivity index (χ2n) is 6.90. The van der Waals surface area contributed by atoms with Crippen LogP contribution in [0.3, 0.4) is 0 Å². The average molecular weight is 346 g/mol. The van der Waals surface area contributed by atoms with Gasteiger partial charge >= 0.3 is 0 Å². The molecule has 0 unspecified atom stereocenters. The van der Waals surface area contributed by atoms with E-state index < -0.39 is 0 Å². The summed E-state index contributed by atoms with van der Waals surface area (Å²) >= 11 is 0. The van der Waals surface area contributed by atoms with Gasteiger partial charge in [0.1, 0.15) is 11.7 Å². The summed E-state index contributed by atoms with van der Waals surface area (Å²) < 4.78 is 1.99. The fourth-order valence-electron chi connectivity index (χ4n) is 3.93. The highest BCUT2D eigenvalue weighted by Gasteiger charge is 2.32. The van der Waals surface area contributed by atoms with Gasteiger partial charge in [0.25, 0.3) is 0 Å². The van der Waals surface area contributed by atoms with Crippen LogP contribution in [0.15, 0.2) is 49.1 Å². The molecule has 0 spiro atoms. The molecule has 1 N–H and O–H groups in total. The summed E-state index contributed by atoms with van der Waals surface area (Å²) in [5, 5.41) is 12.7. The zero-order valence-electron chi connectivity index (χ0n) is 14.8. The summed E-state index contributed by atoms with van der Waals surface area (Å²) in [4.78, 5) is 11.1. The van der Waals surface area contributed by atoms with Crippen molar-refractivity contribution in [3.05, 3.63) is 65.9 Å². The van der Waals surface area contributed by atoms with Gasteiger partial charge in [-0.25, -0.2) is 4.98 Å². The van der Waals surface area contributed by atoms with Gasteiger partial charge in [0.05, 0.1) is 17.5 Å². The predicted octanol–water partition coefficient (Wildman–Crippen LogP) is 2.38. The standard InChI is InChI=1S/C20H22N6/c1-25-8-6-17(20(25)16-3-2-7-22-10-16)11-23-12-18-13-24-19-5-4-15(9-21)14-26(18)19/h2-5,7,10,13-14,17,20,23H,6,8,11-12H2,1H3/t17-,20-/m0/s1. The Morgan fingerprint density at radius 3 is 3.04 bits per heavy atom. The van der Waals surface area contributed by atoms with Crippen LogP contribution in [0.2, 0.25) is 0 Å². The second kappa shape index (κ2) is 7.24. The molecule has 6 heteroatoms. The third-order valence-corrected chi connectivity index (χ3v) is 5.22. The molecule has 2 atom stereocenters. The molecular weight excluding hydrogens is 324 g/mol. The first kappa shape index (κ1) is 16.7. The van der Waals surface area contributed by atoms with Crippen molar-refractivity contribution < 1.29 is 0 Å². The Morgan fingerprint density at radius 2 is 2.23 bits per heavy atom. The number of fused-ring (bicyclic) bond motifs is 1. The number of rotatable bonds is 5. The van der Waals surface area contributed by atoms with Crippen LogP contribution in [0.1, 0.15) is 29.3 Å². The largest absolute Gasteiger partial charge is 0.311 e. The van der Waals surface area contributed by atoms with E-state index in [2.05, 4.69) is 39.4 Å². The minimum absolute atomic E-state index is 0.406. The second-order valence-corrected chi connectivity index (χ2v) is 6.90. The van der Waals surface area contributed by atoms with E-state index in [-0.39, 0.29) is 0 Å². The molecule has 0 aromatic carbocycles. The summed E-state index contributed by atoms with van der Waals surface area (Å²) in [5.41, 5.74) is 3.87. The van der Waals surface area contributed by atoms with E-state index in [9.17, 15) is 0 Å². The molecule has 4 rings (SSSR count). The molecule has 0 bridgehead atoms. The molecule has 1 saturated heterocycles. The quantitative estimate of drug-likeness (QED) is 0.768. The van der Waals surface area contributed by atoms with Crippen molar-refractivity contribution in [2.45, 2.75) is 19.0 Å². The lowest BCUT2D eigenvalue weighted by Crippen LogP contribution is -2.28. The van der Waals surface area contributed by atoms with Crippen molar-refractivity contribution in [1.29, 1.82) is 5.26 Å². The lowest BCUT2D eigenvalue weighted by atomic mass is 9.95. The molecule has 3 aromatic rings. The van der Waals surface area contributed by atoms with Crippen LogP contribution in [0, 0.1) is 17.2 Å². The van der Waals surface area contributed by atoms with E-state index in [1.165, 1.54) is 12.0 Å². The van der Waals surface area contributed by atoms with E-state index in [1.54, 1.807) is 6.07 Å². The fourth-order valence-corrected chi connectivity index (χ4v) is 3.93. The van der Waals surface area contributed by atoms with Gasteiger partial charge in [-0.15, -0.1) is 0 Å². The van der Waals surface area contributed by atoms with Crippen molar-refractivity contribution in [2.75, 3.05) is 20.1 Å². The van der Waals surface area contributed by atoms with Crippen LogP contribution in [-0.2, 0) is 6.54 Å². The topological polar surface area (TPSA) is 69.2 Å². The van der Waals surface area contributed by atoms with Gasteiger partial charge in [-0.2, -0.15) is 5.26 Å². The average Bonchev–Trinajstić information content (AvgIpc) is 3.25. The van der Waals surface area contributed by atoms with Crippen molar-refractivity contribution in [2.24, 2.45) is 5.92 Å². The molecule has 4 heterocycles. The molecule has 6 nitrogen and oxygen atoms in total.